The van der Waals surface area contributed by atoms with Crippen molar-refractivity contribution in [1.82, 2.24) is 0 Å². The number of anilines is 2. The van der Waals surface area contributed by atoms with Gasteiger partial charge in [0.15, 0.2) is 5.76 Å². The van der Waals surface area contributed by atoms with Crippen LogP contribution in [0.5, 0.6) is 5.75 Å². The first-order valence-electron chi connectivity index (χ1n) is 8.26. The molecule has 0 aliphatic carbocycles. The molecule has 3 aromatic rings. The van der Waals surface area contributed by atoms with Crippen LogP contribution in [0.1, 0.15) is 27.8 Å². The zero-order valence-electron chi connectivity index (χ0n) is 14.5. The van der Waals surface area contributed by atoms with Crippen LogP contribution in [-0.4, -0.2) is 18.4 Å². The van der Waals surface area contributed by atoms with Gasteiger partial charge in [-0.2, -0.15) is 0 Å². The zero-order chi connectivity index (χ0) is 19.2. The van der Waals surface area contributed by atoms with Crippen molar-refractivity contribution in [1.29, 1.82) is 0 Å². The first kappa shape index (κ1) is 18.5. The van der Waals surface area contributed by atoms with Crippen molar-refractivity contribution in [3.8, 4) is 5.75 Å². The Hall–Kier alpha value is -3.25. The smallest absolute Gasteiger partial charge is 0.291 e. The van der Waals surface area contributed by atoms with Gasteiger partial charge in [-0.05, 0) is 49.4 Å². The first-order valence-corrected chi connectivity index (χ1v) is 8.64. The summed E-state index contributed by atoms with van der Waals surface area (Å²) in [5.41, 5.74) is 1.20. The number of rotatable bonds is 6. The number of hydrogen-bond donors (Lipinski definition) is 2. The lowest BCUT2D eigenvalue weighted by Crippen LogP contribution is -2.15. The third kappa shape index (κ3) is 4.48. The number of halogens is 1. The van der Waals surface area contributed by atoms with Gasteiger partial charge < -0.3 is 19.8 Å². The minimum absolute atomic E-state index is 0.145. The molecule has 2 amide bonds. The van der Waals surface area contributed by atoms with Gasteiger partial charge >= 0.3 is 0 Å². The number of amides is 2. The Bertz CT molecular complexity index is 954. The summed E-state index contributed by atoms with van der Waals surface area (Å²) in [6.07, 6.45) is 1.40. The molecule has 0 radical (unpaired) electrons. The third-order valence-electron chi connectivity index (χ3n) is 3.66. The first-order chi connectivity index (χ1) is 13.1. The van der Waals surface area contributed by atoms with Crippen molar-refractivity contribution >= 4 is 34.8 Å². The Kier molecular flexibility index (Phi) is 5.78. The van der Waals surface area contributed by atoms with Gasteiger partial charge in [0.05, 0.1) is 29.3 Å². The maximum atomic E-state index is 12.6. The second-order valence-corrected chi connectivity index (χ2v) is 5.92. The number of benzene rings is 2. The number of nitrogens with one attached hydrogen (secondary N) is 2. The van der Waals surface area contributed by atoms with Crippen LogP contribution < -0.4 is 15.4 Å². The van der Waals surface area contributed by atoms with Crippen LogP contribution >= 0.6 is 11.6 Å². The van der Waals surface area contributed by atoms with Gasteiger partial charge in [0.2, 0.25) is 0 Å². The molecule has 2 N–H and O–H groups in total. The topological polar surface area (TPSA) is 80.6 Å². The molecule has 0 saturated carbocycles. The average Bonchev–Trinajstić information content (AvgIpc) is 3.20. The van der Waals surface area contributed by atoms with E-state index in [1.54, 1.807) is 36.4 Å². The van der Waals surface area contributed by atoms with Crippen LogP contribution in [-0.2, 0) is 0 Å². The van der Waals surface area contributed by atoms with Crippen molar-refractivity contribution in [3.63, 3.8) is 0 Å². The van der Waals surface area contributed by atoms with Crippen LogP contribution in [0.4, 0.5) is 11.4 Å². The third-order valence-corrected chi connectivity index (χ3v) is 3.99. The molecule has 6 nitrogen and oxygen atoms in total. The fraction of sp³-hybridized carbons (Fsp3) is 0.100. The van der Waals surface area contributed by atoms with Crippen LogP contribution in [0.3, 0.4) is 0 Å². The van der Waals surface area contributed by atoms with Gasteiger partial charge in [0, 0.05) is 5.56 Å². The predicted octanol–water partition coefficient (Wildman–Crippen LogP) is 4.84. The van der Waals surface area contributed by atoms with E-state index < -0.39 is 5.91 Å². The molecule has 0 spiro atoms. The Balaban J connectivity index is 1.79. The van der Waals surface area contributed by atoms with E-state index in [4.69, 9.17) is 20.8 Å². The minimum Gasteiger partial charge on any atom is -0.492 e. The Labute approximate surface area is 161 Å². The number of para-hydroxylation sites is 2. The van der Waals surface area contributed by atoms with Crippen molar-refractivity contribution in [2.75, 3.05) is 17.2 Å². The lowest BCUT2D eigenvalue weighted by molar-refractivity contribution is 0.0993. The summed E-state index contributed by atoms with van der Waals surface area (Å²) in [5.74, 6) is -0.0892. The molecule has 0 atom stereocenters. The maximum Gasteiger partial charge on any atom is 0.291 e. The molecule has 0 unspecified atom stereocenters. The molecule has 0 bridgehead atoms. The monoisotopic (exact) mass is 384 g/mol. The van der Waals surface area contributed by atoms with Gasteiger partial charge in [-0.15, -0.1) is 0 Å². The molecule has 1 heterocycles. The van der Waals surface area contributed by atoms with Crippen molar-refractivity contribution in [2.24, 2.45) is 0 Å². The number of furan rings is 1. The highest BCUT2D eigenvalue weighted by atomic mass is 35.5. The van der Waals surface area contributed by atoms with E-state index in [0.29, 0.717) is 34.3 Å². The molecule has 3 rings (SSSR count). The quantitative estimate of drug-likeness (QED) is 0.637. The summed E-state index contributed by atoms with van der Waals surface area (Å²) in [7, 11) is 0. The van der Waals surface area contributed by atoms with E-state index in [2.05, 4.69) is 10.6 Å². The van der Waals surface area contributed by atoms with Crippen LogP contribution in [0.2, 0.25) is 5.02 Å². The summed E-state index contributed by atoms with van der Waals surface area (Å²) in [5, 5.41) is 5.74. The van der Waals surface area contributed by atoms with Gasteiger partial charge in [-0.3, -0.25) is 9.59 Å². The normalized spacial score (nSPS) is 10.3. The molecule has 138 valence electrons. The van der Waals surface area contributed by atoms with E-state index in [1.165, 1.54) is 18.4 Å². The van der Waals surface area contributed by atoms with Crippen LogP contribution in [0.15, 0.2) is 65.3 Å². The number of ether oxygens (including phenoxy) is 1. The predicted molar refractivity (Wildman–Crippen MR) is 104 cm³/mol. The average molecular weight is 385 g/mol. The van der Waals surface area contributed by atoms with E-state index in [9.17, 15) is 9.59 Å². The van der Waals surface area contributed by atoms with Gasteiger partial charge in [-0.25, -0.2) is 0 Å². The van der Waals surface area contributed by atoms with Crippen molar-refractivity contribution < 1.29 is 18.7 Å². The standard InChI is InChI=1S/C20H17ClN2O4/c1-2-26-17-7-4-3-6-15(17)22-19(24)13-9-10-14(21)16(12-13)23-20(25)18-8-5-11-27-18/h3-12H,2H2,1H3,(H,22,24)(H,23,25). The number of hydrogen-bond acceptors (Lipinski definition) is 4. The lowest BCUT2D eigenvalue weighted by Gasteiger charge is -2.12. The van der Waals surface area contributed by atoms with Crippen molar-refractivity contribution in [2.45, 2.75) is 6.92 Å². The van der Waals surface area contributed by atoms with Crippen molar-refractivity contribution in [3.05, 3.63) is 77.2 Å². The molecule has 0 saturated heterocycles. The molecule has 27 heavy (non-hydrogen) atoms. The molecule has 7 heteroatoms. The van der Waals surface area contributed by atoms with E-state index in [-0.39, 0.29) is 11.7 Å². The molecular weight excluding hydrogens is 368 g/mol. The summed E-state index contributed by atoms with van der Waals surface area (Å²) >= 11 is 6.14. The second kappa shape index (κ2) is 8.42. The summed E-state index contributed by atoms with van der Waals surface area (Å²) in [6.45, 7) is 2.35. The lowest BCUT2D eigenvalue weighted by atomic mass is 10.1. The number of carbonyl (C=O) groups excluding carboxylic acids is 2. The van der Waals surface area contributed by atoms with Gasteiger partial charge in [0.1, 0.15) is 5.75 Å². The minimum atomic E-state index is -0.457. The van der Waals surface area contributed by atoms with Gasteiger partial charge in [-0.1, -0.05) is 23.7 Å². The highest BCUT2D eigenvalue weighted by Gasteiger charge is 2.15. The summed E-state index contributed by atoms with van der Waals surface area (Å²) < 4.78 is 10.6. The second-order valence-electron chi connectivity index (χ2n) is 5.51. The summed E-state index contributed by atoms with van der Waals surface area (Å²) in [4.78, 5) is 24.7. The number of carbonyl (C=O) groups is 2. The highest BCUT2D eigenvalue weighted by molar-refractivity contribution is 6.34. The Morgan fingerprint density at radius 1 is 1.00 bits per heavy atom. The maximum absolute atomic E-state index is 12.6. The molecule has 1 aromatic heterocycles. The van der Waals surface area contributed by atoms with Crippen LogP contribution in [0, 0.1) is 0 Å². The van der Waals surface area contributed by atoms with Gasteiger partial charge in [0.25, 0.3) is 11.8 Å². The van der Waals surface area contributed by atoms with E-state index in [1.807, 2.05) is 13.0 Å². The molecule has 0 fully saturated rings. The zero-order valence-corrected chi connectivity index (χ0v) is 15.2. The molecule has 0 aliphatic rings. The Morgan fingerprint density at radius 2 is 1.78 bits per heavy atom. The fourth-order valence-electron chi connectivity index (χ4n) is 2.40. The SMILES string of the molecule is CCOc1ccccc1NC(=O)c1ccc(Cl)c(NC(=O)c2ccco2)c1. The highest BCUT2D eigenvalue weighted by Crippen LogP contribution is 2.27. The van der Waals surface area contributed by atoms with Crippen LogP contribution in [0.25, 0.3) is 0 Å². The van der Waals surface area contributed by atoms with E-state index >= 15 is 0 Å². The largest absolute Gasteiger partial charge is 0.492 e. The Morgan fingerprint density at radius 3 is 2.52 bits per heavy atom. The fourth-order valence-corrected chi connectivity index (χ4v) is 2.56. The van der Waals surface area contributed by atoms with E-state index in [0.717, 1.165) is 0 Å². The summed E-state index contributed by atoms with van der Waals surface area (Å²) in [6, 6.07) is 14.9. The molecular formula is C20H17ClN2O4. The molecule has 0 aliphatic heterocycles. The molecule has 2 aromatic carbocycles.